The summed E-state index contributed by atoms with van der Waals surface area (Å²) in [5.41, 5.74) is 0.949. The SMILES string of the molecule is CC(C)OC1(c2ccccc2)NC1(C)C. The molecule has 2 heteroatoms. The monoisotopic (exact) mass is 205 g/mol. The molecule has 1 fully saturated rings. The zero-order chi connectivity index (χ0) is 11.1. The molecule has 2 nitrogen and oxygen atoms in total. The Morgan fingerprint density at radius 2 is 1.67 bits per heavy atom. The molecule has 0 bridgehead atoms. The summed E-state index contributed by atoms with van der Waals surface area (Å²) in [6, 6.07) is 10.4. The standard InChI is InChI=1S/C13H19NO/c1-10(2)15-13(12(3,4)14-13)11-8-6-5-7-9-11/h5-10,14H,1-4H3. The third kappa shape index (κ3) is 1.68. The average molecular weight is 205 g/mol. The van der Waals surface area contributed by atoms with Gasteiger partial charge in [0.2, 0.25) is 0 Å². The van der Waals surface area contributed by atoms with Crippen LogP contribution in [0.25, 0.3) is 0 Å². The van der Waals surface area contributed by atoms with Crippen LogP contribution in [0.5, 0.6) is 0 Å². The summed E-state index contributed by atoms with van der Waals surface area (Å²) in [4.78, 5) is 0. The van der Waals surface area contributed by atoms with E-state index >= 15 is 0 Å². The van der Waals surface area contributed by atoms with Crippen molar-refractivity contribution in [1.82, 2.24) is 5.32 Å². The van der Waals surface area contributed by atoms with Crippen molar-refractivity contribution < 1.29 is 4.74 Å². The lowest BCUT2D eigenvalue weighted by Gasteiger charge is -2.21. The van der Waals surface area contributed by atoms with Crippen LogP contribution in [0.2, 0.25) is 0 Å². The fourth-order valence-electron chi connectivity index (χ4n) is 2.11. The van der Waals surface area contributed by atoms with Crippen LogP contribution in [-0.4, -0.2) is 11.6 Å². The van der Waals surface area contributed by atoms with Crippen molar-refractivity contribution in [3.8, 4) is 0 Å². The van der Waals surface area contributed by atoms with E-state index in [1.165, 1.54) is 5.56 Å². The Hall–Kier alpha value is -0.860. The first kappa shape index (κ1) is 10.7. The minimum atomic E-state index is -0.289. The van der Waals surface area contributed by atoms with Gasteiger partial charge in [-0.15, -0.1) is 0 Å². The molecule has 1 atom stereocenters. The number of ether oxygens (including phenoxy) is 1. The van der Waals surface area contributed by atoms with E-state index in [9.17, 15) is 0 Å². The predicted octanol–water partition coefficient (Wildman–Crippen LogP) is 2.65. The molecule has 1 aromatic rings. The van der Waals surface area contributed by atoms with E-state index in [-0.39, 0.29) is 17.4 Å². The zero-order valence-corrected chi connectivity index (χ0v) is 9.87. The number of hydrogen-bond acceptors (Lipinski definition) is 2. The molecule has 1 aliphatic heterocycles. The molecule has 82 valence electrons. The first-order chi connectivity index (χ1) is 6.98. The van der Waals surface area contributed by atoms with Gasteiger partial charge in [-0.25, -0.2) is 0 Å². The third-order valence-electron chi connectivity index (χ3n) is 2.90. The van der Waals surface area contributed by atoms with E-state index in [4.69, 9.17) is 4.74 Å². The van der Waals surface area contributed by atoms with Gasteiger partial charge < -0.3 is 4.74 Å². The van der Waals surface area contributed by atoms with Crippen LogP contribution in [0.4, 0.5) is 0 Å². The van der Waals surface area contributed by atoms with Crippen LogP contribution in [0.15, 0.2) is 30.3 Å². The van der Waals surface area contributed by atoms with Crippen molar-refractivity contribution in [3.05, 3.63) is 35.9 Å². The molecule has 1 heterocycles. The van der Waals surface area contributed by atoms with E-state index in [0.29, 0.717) is 0 Å². The maximum absolute atomic E-state index is 6.04. The molecule has 0 aliphatic carbocycles. The molecule has 0 spiro atoms. The first-order valence-electron chi connectivity index (χ1n) is 5.51. The second-order valence-electron chi connectivity index (χ2n) is 4.96. The van der Waals surface area contributed by atoms with Gasteiger partial charge in [-0.2, -0.15) is 0 Å². The van der Waals surface area contributed by atoms with Crippen molar-refractivity contribution >= 4 is 0 Å². The van der Waals surface area contributed by atoms with Gasteiger partial charge in [-0.1, -0.05) is 30.3 Å². The van der Waals surface area contributed by atoms with Crippen molar-refractivity contribution in [2.24, 2.45) is 0 Å². The van der Waals surface area contributed by atoms with Crippen molar-refractivity contribution in [2.45, 2.75) is 45.1 Å². The van der Waals surface area contributed by atoms with Crippen molar-refractivity contribution in [1.29, 1.82) is 0 Å². The van der Waals surface area contributed by atoms with E-state index in [1.54, 1.807) is 0 Å². The molecule has 15 heavy (non-hydrogen) atoms. The number of hydrogen-bond donors (Lipinski definition) is 1. The van der Waals surface area contributed by atoms with Crippen molar-refractivity contribution in [3.63, 3.8) is 0 Å². The molecular formula is C13H19NO. The molecule has 0 amide bonds. The molecular weight excluding hydrogens is 186 g/mol. The molecule has 0 radical (unpaired) electrons. The van der Waals surface area contributed by atoms with Gasteiger partial charge in [0.1, 0.15) is 0 Å². The fraction of sp³-hybridized carbons (Fsp3) is 0.538. The van der Waals surface area contributed by atoms with E-state index in [2.05, 4.69) is 57.3 Å². The summed E-state index contributed by atoms with van der Waals surface area (Å²) >= 11 is 0. The largest absolute Gasteiger partial charge is 0.352 e. The summed E-state index contributed by atoms with van der Waals surface area (Å²) in [7, 11) is 0. The van der Waals surface area contributed by atoms with Crippen molar-refractivity contribution in [2.75, 3.05) is 0 Å². The van der Waals surface area contributed by atoms with Crippen LogP contribution in [-0.2, 0) is 10.5 Å². The summed E-state index contributed by atoms with van der Waals surface area (Å²) < 4.78 is 6.04. The minimum Gasteiger partial charge on any atom is -0.352 e. The molecule has 0 saturated carbocycles. The van der Waals surface area contributed by atoms with E-state index in [1.807, 2.05) is 6.07 Å². The topological polar surface area (TPSA) is 31.2 Å². The Bertz CT molecular complexity index is 345. The second kappa shape index (κ2) is 3.32. The van der Waals surface area contributed by atoms with Gasteiger partial charge in [0.15, 0.2) is 5.72 Å². The lowest BCUT2D eigenvalue weighted by molar-refractivity contribution is -0.0311. The Balaban J connectivity index is 2.31. The molecule has 1 N–H and O–H groups in total. The predicted molar refractivity (Wildman–Crippen MR) is 61.6 cm³/mol. The summed E-state index contributed by atoms with van der Waals surface area (Å²) in [6.07, 6.45) is 0.222. The highest BCUT2D eigenvalue weighted by Gasteiger charge is 2.63. The smallest absolute Gasteiger partial charge is 0.164 e. The Kier molecular flexibility index (Phi) is 2.36. The lowest BCUT2D eigenvalue weighted by atomic mass is 9.99. The molecule has 2 rings (SSSR count). The minimum absolute atomic E-state index is 0.0264. The van der Waals surface area contributed by atoms with Gasteiger partial charge in [0.25, 0.3) is 0 Å². The molecule has 0 aromatic heterocycles. The lowest BCUT2D eigenvalue weighted by Crippen LogP contribution is -2.26. The van der Waals surface area contributed by atoms with Crippen LogP contribution in [0, 0.1) is 0 Å². The molecule has 1 aliphatic rings. The highest BCUT2D eigenvalue weighted by atomic mass is 16.5. The summed E-state index contributed by atoms with van der Waals surface area (Å²) in [6.45, 7) is 8.48. The molecule has 1 aromatic carbocycles. The zero-order valence-electron chi connectivity index (χ0n) is 9.87. The van der Waals surface area contributed by atoms with Gasteiger partial charge in [-0.3, -0.25) is 5.32 Å². The Labute approximate surface area is 91.6 Å². The van der Waals surface area contributed by atoms with Gasteiger partial charge in [-0.05, 0) is 27.7 Å². The Morgan fingerprint density at radius 1 is 1.13 bits per heavy atom. The number of nitrogens with one attached hydrogen (secondary N) is 1. The summed E-state index contributed by atoms with van der Waals surface area (Å²) in [5.74, 6) is 0. The maximum Gasteiger partial charge on any atom is 0.164 e. The quantitative estimate of drug-likeness (QED) is 0.769. The van der Waals surface area contributed by atoms with Crippen LogP contribution < -0.4 is 5.32 Å². The number of rotatable bonds is 3. The average Bonchev–Trinajstić information content (AvgIpc) is 2.70. The highest BCUT2D eigenvalue weighted by molar-refractivity contribution is 5.34. The summed E-state index contributed by atoms with van der Waals surface area (Å²) in [5, 5.41) is 3.45. The fourth-order valence-corrected chi connectivity index (χ4v) is 2.11. The van der Waals surface area contributed by atoms with E-state index < -0.39 is 0 Å². The van der Waals surface area contributed by atoms with Gasteiger partial charge >= 0.3 is 0 Å². The van der Waals surface area contributed by atoms with Crippen LogP contribution >= 0.6 is 0 Å². The van der Waals surface area contributed by atoms with Crippen LogP contribution in [0.3, 0.4) is 0 Å². The van der Waals surface area contributed by atoms with Gasteiger partial charge in [0, 0.05) is 5.56 Å². The van der Waals surface area contributed by atoms with E-state index in [0.717, 1.165) is 0 Å². The highest BCUT2D eigenvalue weighted by Crippen LogP contribution is 2.48. The first-order valence-corrected chi connectivity index (χ1v) is 5.51. The third-order valence-corrected chi connectivity index (χ3v) is 2.90. The molecule has 1 saturated heterocycles. The normalized spacial score (nSPS) is 28.1. The number of benzene rings is 1. The van der Waals surface area contributed by atoms with Crippen LogP contribution in [0.1, 0.15) is 33.3 Å². The Morgan fingerprint density at radius 3 is 2.07 bits per heavy atom. The molecule has 1 unspecified atom stereocenters. The second-order valence-corrected chi connectivity index (χ2v) is 4.96. The van der Waals surface area contributed by atoms with Gasteiger partial charge in [0.05, 0.1) is 11.6 Å². The maximum atomic E-state index is 6.04.